The van der Waals surface area contributed by atoms with Gasteiger partial charge in [0.05, 0.1) is 6.20 Å². The minimum absolute atomic E-state index is 0.358. The molecule has 1 heterocycles. The molecule has 0 aromatic carbocycles. The molecule has 0 amide bonds. The molecule has 3 unspecified atom stereocenters. The van der Waals surface area contributed by atoms with Crippen molar-refractivity contribution in [2.75, 3.05) is 0 Å². The Morgan fingerprint density at radius 3 is 3.00 bits per heavy atom. The maximum absolute atomic E-state index is 6.24. The zero-order valence-corrected chi connectivity index (χ0v) is 10.2. The summed E-state index contributed by atoms with van der Waals surface area (Å²) in [7, 11) is 0. The Morgan fingerprint density at radius 2 is 2.33 bits per heavy atom. The Labute approximate surface area is 96.6 Å². The van der Waals surface area contributed by atoms with E-state index in [0.717, 1.165) is 18.9 Å². The highest BCUT2D eigenvalue weighted by molar-refractivity contribution is 6.20. The molecule has 0 spiro atoms. The lowest BCUT2D eigenvalue weighted by atomic mass is 9.77. The highest BCUT2D eigenvalue weighted by Gasteiger charge is 2.28. The summed E-state index contributed by atoms with van der Waals surface area (Å²) in [6.07, 6.45) is 7.71. The van der Waals surface area contributed by atoms with Crippen LogP contribution >= 0.6 is 11.6 Å². The molecule has 3 atom stereocenters. The quantitative estimate of drug-likeness (QED) is 0.707. The van der Waals surface area contributed by atoms with Gasteiger partial charge in [0.2, 0.25) is 0 Å². The molecule has 15 heavy (non-hydrogen) atoms. The van der Waals surface area contributed by atoms with Gasteiger partial charge in [-0.1, -0.05) is 6.92 Å². The lowest BCUT2D eigenvalue weighted by Crippen LogP contribution is -2.21. The van der Waals surface area contributed by atoms with Gasteiger partial charge in [-0.15, -0.1) is 11.6 Å². The minimum atomic E-state index is 0.358. The standard InChI is InChI=1S/C12H19ClN2/c1-3-15-8-10(7-14-15)12-6-11(13)5-4-9(12)2/h7-9,11-12H,3-6H2,1-2H3. The molecule has 1 aliphatic carbocycles. The molecule has 0 saturated heterocycles. The van der Waals surface area contributed by atoms with Crippen molar-refractivity contribution in [1.82, 2.24) is 9.78 Å². The van der Waals surface area contributed by atoms with E-state index in [4.69, 9.17) is 11.6 Å². The summed E-state index contributed by atoms with van der Waals surface area (Å²) >= 11 is 6.24. The molecule has 2 nitrogen and oxygen atoms in total. The number of alkyl halides is 1. The summed E-state index contributed by atoms with van der Waals surface area (Å²) in [5, 5.41) is 4.70. The first kappa shape index (κ1) is 11.0. The maximum atomic E-state index is 6.24. The fourth-order valence-corrected chi connectivity index (χ4v) is 2.80. The molecule has 1 aromatic rings. The predicted octanol–water partition coefficient (Wildman–Crippen LogP) is 3.41. The summed E-state index contributed by atoms with van der Waals surface area (Å²) < 4.78 is 2.00. The molecular formula is C12H19ClN2. The summed E-state index contributed by atoms with van der Waals surface area (Å²) in [5.74, 6) is 1.36. The second-order valence-corrected chi connectivity index (χ2v) is 5.24. The van der Waals surface area contributed by atoms with Crippen molar-refractivity contribution in [1.29, 1.82) is 0 Å². The van der Waals surface area contributed by atoms with E-state index < -0.39 is 0 Å². The third kappa shape index (κ3) is 2.36. The molecular weight excluding hydrogens is 208 g/mol. The largest absolute Gasteiger partial charge is 0.273 e. The number of aryl methyl sites for hydroxylation is 1. The third-order valence-corrected chi connectivity index (χ3v) is 3.93. The van der Waals surface area contributed by atoms with E-state index in [1.165, 1.54) is 18.4 Å². The van der Waals surface area contributed by atoms with E-state index in [9.17, 15) is 0 Å². The maximum Gasteiger partial charge on any atom is 0.0524 e. The molecule has 0 bridgehead atoms. The van der Waals surface area contributed by atoms with E-state index in [1.807, 2.05) is 10.9 Å². The minimum Gasteiger partial charge on any atom is -0.273 e. The van der Waals surface area contributed by atoms with Crippen molar-refractivity contribution >= 4 is 11.6 Å². The molecule has 3 heteroatoms. The van der Waals surface area contributed by atoms with Gasteiger partial charge < -0.3 is 0 Å². The van der Waals surface area contributed by atoms with Gasteiger partial charge in [-0.05, 0) is 43.6 Å². The van der Waals surface area contributed by atoms with Crippen molar-refractivity contribution in [2.24, 2.45) is 5.92 Å². The first-order chi connectivity index (χ1) is 7.20. The van der Waals surface area contributed by atoms with Gasteiger partial charge >= 0.3 is 0 Å². The highest BCUT2D eigenvalue weighted by atomic mass is 35.5. The van der Waals surface area contributed by atoms with E-state index in [2.05, 4.69) is 25.1 Å². The van der Waals surface area contributed by atoms with Crippen LogP contribution in [0.1, 0.15) is 44.6 Å². The number of rotatable bonds is 2. The molecule has 0 aliphatic heterocycles. The van der Waals surface area contributed by atoms with E-state index in [0.29, 0.717) is 11.3 Å². The van der Waals surface area contributed by atoms with Crippen LogP contribution in [0.2, 0.25) is 0 Å². The number of hydrogen-bond donors (Lipinski definition) is 0. The van der Waals surface area contributed by atoms with Crippen LogP contribution in [0.3, 0.4) is 0 Å². The molecule has 1 fully saturated rings. The van der Waals surface area contributed by atoms with Crippen molar-refractivity contribution < 1.29 is 0 Å². The molecule has 1 aromatic heterocycles. The topological polar surface area (TPSA) is 17.8 Å². The van der Waals surface area contributed by atoms with Gasteiger partial charge in [0.25, 0.3) is 0 Å². The normalized spacial score (nSPS) is 31.8. The molecule has 84 valence electrons. The van der Waals surface area contributed by atoms with Gasteiger partial charge in [0.1, 0.15) is 0 Å². The summed E-state index contributed by atoms with van der Waals surface area (Å²) in [4.78, 5) is 0. The average molecular weight is 227 g/mol. The first-order valence-corrected chi connectivity index (χ1v) is 6.30. The smallest absolute Gasteiger partial charge is 0.0524 e. The number of nitrogens with zero attached hydrogens (tertiary/aromatic N) is 2. The van der Waals surface area contributed by atoms with Crippen LogP contribution in [0.15, 0.2) is 12.4 Å². The fraction of sp³-hybridized carbons (Fsp3) is 0.750. The molecule has 1 saturated carbocycles. The summed E-state index contributed by atoms with van der Waals surface area (Å²) in [6, 6.07) is 0. The van der Waals surface area contributed by atoms with Crippen LogP contribution in [-0.2, 0) is 6.54 Å². The SMILES string of the molecule is CCn1cc(C2CC(Cl)CCC2C)cn1. The number of halogens is 1. The second-order valence-electron chi connectivity index (χ2n) is 4.62. The van der Waals surface area contributed by atoms with E-state index in [-0.39, 0.29) is 0 Å². The molecule has 2 rings (SSSR count). The first-order valence-electron chi connectivity index (χ1n) is 5.87. The molecule has 0 radical (unpaired) electrons. The Balaban J connectivity index is 2.13. The lowest BCUT2D eigenvalue weighted by Gasteiger charge is -2.30. The van der Waals surface area contributed by atoms with Gasteiger partial charge in [-0.25, -0.2) is 0 Å². The van der Waals surface area contributed by atoms with Crippen molar-refractivity contribution in [3.63, 3.8) is 0 Å². The molecule has 1 aliphatic rings. The average Bonchev–Trinajstić information content (AvgIpc) is 2.70. The predicted molar refractivity (Wildman–Crippen MR) is 63.3 cm³/mol. The van der Waals surface area contributed by atoms with Gasteiger partial charge in [-0.3, -0.25) is 4.68 Å². The number of hydrogen-bond acceptors (Lipinski definition) is 1. The van der Waals surface area contributed by atoms with Crippen LogP contribution < -0.4 is 0 Å². The summed E-state index contributed by atoms with van der Waals surface area (Å²) in [5.41, 5.74) is 1.37. The Bertz CT molecular complexity index is 321. The molecule has 0 N–H and O–H groups in total. The van der Waals surface area contributed by atoms with Gasteiger partial charge in [-0.2, -0.15) is 5.10 Å². The zero-order valence-electron chi connectivity index (χ0n) is 9.49. The highest BCUT2D eigenvalue weighted by Crippen LogP contribution is 2.39. The lowest BCUT2D eigenvalue weighted by molar-refractivity contribution is 0.334. The van der Waals surface area contributed by atoms with E-state index >= 15 is 0 Å². The second kappa shape index (κ2) is 4.56. The summed E-state index contributed by atoms with van der Waals surface area (Å²) in [6.45, 7) is 5.40. The Hall–Kier alpha value is -0.500. The zero-order chi connectivity index (χ0) is 10.8. The van der Waals surface area contributed by atoms with Crippen molar-refractivity contribution in [3.05, 3.63) is 18.0 Å². The third-order valence-electron chi connectivity index (χ3n) is 3.54. The van der Waals surface area contributed by atoms with Crippen LogP contribution in [0, 0.1) is 5.92 Å². The number of aromatic nitrogens is 2. The van der Waals surface area contributed by atoms with E-state index in [1.54, 1.807) is 0 Å². The van der Waals surface area contributed by atoms with Crippen LogP contribution in [0.25, 0.3) is 0 Å². The Morgan fingerprint density at radius 1 is 1.53 bits per heavy atom. The van der Waals surface area contributed by atoms with Crippen LogP contribution in [-0.4, -0.2) is 15.2 Å². The van der Waals surface area contributed by atoms with Crippen molar-refractivity contribution in [3.8, 4) is 0 Å². The van der Waals surface area contributed by atoms with Crippen LogP contribution in [0.5, 0.6) is 0 Å². The van der Waals surface area contributed by atoms with Crippen LogP contribution in [0.4, 0.5) is 0 Å². The fourth-order valence-electron chi connectivity index (χ4n) is 2.48. The monoisotopic (exact) mass is 226 g/mol. The van der Waals surface area contributed by atoms with Gasteiger partial charge in [0, 0.05) is 18.1 Å². The van der Waals surface area contributed by atoms with Crippen molar-refractivity contribution in [2.45, 2.75) is 50.9 Å². The van der Waals surface area contributed by atoms with Gasteiger partial charge in [0.15, 0.2) is 0 Å². The Kier molecular flexibility index (Phi) is 3.35.